The van der Waals surface area contributed by atoms with E-state index in [9.17, 15) is 13.2 Å². The predicted molar refractivity (Wildman–Crippen MR) is 111 cm³/mol. The minimum atomic E-state index is -3.47. The maximum Gasteiger partial charge on any atom is 0.303 e. The third-order valence-electron chi connectivity index (χ3n) is 3.78. The Bertz CT molecular complexity index is 956. The summed E-state index contributed by atoms with van der Waals surface area (Å²) in [7, 11) is -3.47. The Kier molecular flexibility index (Phi) is 7.83. The lowest BCUT2D eigenvalue weighted by Gasteiger charge is -2.14. The zero-order valence-electron chi connectivity index (χ0n) is 14.8. The van der Waals surface area contributed by atoms with Crippen LogP contribution in [0.5, 0.6) is 5.75 Å². The maximum absolute atomic E-state index is 11.8. The second-order valence-electron chi connectivity index (χ2n) is 5.86. The van der Waals surface area contributed by atoms with Crippen LogP contribution in [0, 0.1) is 0 Å². The number of aryl methyl sites for hydroxylation is 1. The minimum Gasteiger partial charge on any atom is -0.486 e. The zero-order chi connectivity index (χ0) is 20.9. The summed E-state index contributed by atoms with van der Waals surface area (Å²) in [5, 5.41) is 9.46. The highest BCUT2D eigenvalue weighted by atomic mass is 35.5. The van der Waals surface area contributed by atoms with Crippen LogP contribution in [-0.4, -0.2) is 25.2 Å². The van der Waals surface area contributed by atoms with Gasteiger partial charge >= 0.3 is 5.97 Å². The van der Waals surface area contributed by atoms with Crippen molar-refractivity contribution in [2.75, 3.05) is 10.5 Å². The van der Waals surface area contributed by atoms with Crippen molar-refractivity contribution in [2.45, 2.75) is 26.4 Å². The van der Waals surface area contributed by atoms with Gasteiger partial charge < -0.3 is 9.84 Å². The van der Waals surface area contributed by atoms with E-state index < -0.39 is 16.0 Å². The number of hydrogen-bond acceptors (Lipinski definition) is 4. The number of sulfonamides is 1. The van der Waals surface area contributed by atoms with E-state index in [0.29, 0.717) is 17.5 Å². The van der Waals surface area contributed by atoms with E-state index in [1.165, 1.54) is 6.92 Å². The molecule has 0 bridgehead atoms. The largest absolute Gasteiger partial charge is 0.486 e. The van der Waals surface area contributed by atoms with Crippen LogP contribution < -0.4 is 9.46 Å². The van der Waals surface area contributed by atoms with Crippen molar-refractivity contribution >= 4 is 56.5 Å². The summed E-state index contributed by atoms with van der Waals surface area (Å²) in [6.45, 7) is 1.53. The second-order valence-corrected chi connectivity index (χ2v) is 9.06. The van der Waals surface area contributed by atoms with Gasteiger partial charge in [0, 0.05) is 12.0 Å². The van der Waals surface area contributed by atoms with Crippen LogP contribution >= 0.6 is 34.8 Å². The van der Waals surface area contributed by atoms with Crippen molar-refractivity contribution in [3.63, 3.8) is 0 Å². The number of halogens is 3. The number of carbonyl (C=O) groups is 1. The number of carboxylic acid groups (broad SMARTS) is 1. The Morgan fingerprint density at radius 3 is 2.39 bits per heavy atom. The number of rotatable bonds is 9. The molecule has 28 heavy (non-hydrogen) atoms. The third-order valence-corrected chi connectivity index (χ3v) is 6.08. The van der Waals surface area contributed by atoms with Crippen LogP contribution in [0.25, 0.3) is 0 Å². The van der Waals surface area contributed by atoms with Crippen LogP contribution in [0.15, 0.2) is 30.3 Å². The molecule has 2 aromatic carbocycles. The minimum absolute atomic E-state index is 0.00837. The van der Waals surface area contributed by atoms with Gasteiger partial charge in [0.05, 0.1) is 26.5 Å². The summed E-state index contributed by atoms with van der Waals surface area (Å²) in [5.74, 6) is -0.762. The fourth-order valence-electron chi connectivity index (χ4n) is 2.31. The van der Waals surface area contributed by atoms with Crippen molar-refractivity contribution in [1.82, 2.24) is 0 Å². The molecule has 0 radical (unpaired) electrons. The van der Waals surface area contributed by atoms with Crippen LogP contribution in [0.2, 0.25) is 15.1 Å². The van der Waals surface area contributed by atoms with Gasteiger partial charge in [0.1, 0.15) is 6.61 Å². The fraction of sp³-hybridized carbons (Fsp3) is 0.278. The van der Waals surface area contributed by atoms with Crippen LogP contribution in [0.1, 0.15) is 24.5 Å². The first-order chi connectivity index (χ1) is 13.1. The van der Waals surface area contributed by atoms with Gasteiger partial charge in [-0.25, -0.2) is 8.42 Å². The number of nitrogens with one attached hydrogen (secondary N) is 1. The molecule has 10 heteroatoms. The van der Waals surface area contributed by atoms with E-state index in [4.69, 9.17) is 44.6 Å². The average Bonchev–Trinajstić information content (AvgIpc) is 2.62. The SMILES string of the molecule is CCS(=O)(=O)Nc1cccc(COc2c(Cl)cc(CCC(=O)O)cc2Cl)c1Cl. The van der Waals surface area contributed by atoms with Crippen molar-refractivity contribution in [2.24, 2.45) is 0 Å². The van der Waals surface area contributed by atoms with Crippen molar-refractivity contribution in [3.8, 4) is 5.75 Å². The van der Waals surface area contributed by atoms with Gasteiger partial charge in [-0.05, 0) is 37.1 Å². The Hall–Kier alpha value is -1.67. The second kappa shape index (κ2) is 9.69. The monoisotopic (exact) mass is 465 g/mol. The Labute approximate surface area is 178 Å². The van der Waals surface area contributed by atoms with Gasteiger partial charge in [0.2, 0.25) is 10.0 Å². The molecule has 0 spiro atoms. The van der Waals surface area contributed by atoms with Gasteiger partial charge in [-0.15, -0.1) is 0 Å². The summed E-state index contributed by atoms with van der Waals surface area (Å²) in [6.07, 6.45) is 0.253. The summed E-state index contributed by atoms with van der Waals surface area (Å²) in [5.41, 5.74) is 1.48. The van der Waals surface area contributed by atoms with Gasteiger partial charge in [0.25, 0.3) is 0 Å². The lowest BCUT2D eigenvalue weighted by molar-refractivity contribution is -0.136. The lowest BCUT2D eigenvalue weighted by atomic mass is 10.1. The average molecular weight is 467 g/mol. The maximum atomic E-state index is 11.8. The summed E-state index contributed by atoms with van der Waals surface area (Å²) < 4.78 is 31.6. The number of benzene rings is 2. The highest BCUT2D eigenvalue weighted by molar-refractivity contribution is 7.92. The third kappa shape index (κ3) is 6.17. The molecule has 0 aliphatic heterocycles. The highest BCUT2D eigenvalue weighted by Gasteiger charge is 2.15. The fourth-order valence-corrected chi connectivity index (χ4v) is 3.88. The molecular weight excluding hydrogens is 449 g/mol. The number of aliphatic carboxylic acids is 1. The Morgan fingerprint density at radius 1 is 1.18 bits per heavy atom. The topological polar surface area (TPSA) is 92.7 Å². The molecule has 0 aromatic heterocycles. The van der Waals surface area contributed by atoms with Crippen LogP contribution in [0.3, 0.4) is 0 Å². The first-order valence-electron chi connectivity index (χ1n) is 8.23. The highest BCUT2D eigenvalue weighted by Crippen LogP contribution is 2.36. The molecular formula is C18H18Cl3NO5S. The molecule has 0 heterocycles. The first-order valence-corrected chi connectivity index (χ1v) is 11.0. The number of anilines is 1. The Balaban J connectivity index is 2.17. The molecule has 2 N–H and O–H groups in total. The van der Waals surface area contributed by atoms with Gasteiger partial charge in [-0.3, -0.25) is 9.52 Å². The smallest absolute Gasteiger partial charge is 0.303 e. The zero-order valence-corrected chi connectivity index (χ0v) is 17.9. The molecule has 0 fully saturated rings. The van der Waals surface area contributed by atoms with E-state index in [1.54, 1.807) is 30.3 Å². The molecule has 0 aliphatic carbocycles. The summed E-state index contributed by atoms with van der Waals surface area (Å²) in [6, 6.07) is 8.08. The van der Waals surface area contributed by atoms with Gasteiger partial charge in [-0.2, -0.15) is 0 Å². The molecule has 2 aromatic rings. The predicted octanol–water partition coefficient (Wildman–Crippen LogP) is 5.00. The number of ether oxygens (including phenoxy) is 1. The molecule has 0 atom stereocenters. The summed E-state index contributed by atoms with van der Waals surface area (Å²) >= 11 is 18.7. The van der Waals surface area contributed by atoms with Gasteiger partial charge in [0.15, 0.2) is 5.75 Å². The standard InChI is InChI=1S/C18H18Cl3NO5S/c1-2-28(25,26)22-15-5-3-4-12(17(15)21)10-27-18-13(19)8-11(9-14(18)20)6-7-16(23)24/h3-5,8-9,22H,2,6-7,10H2,1H3,(H,23,24). The van der Waals surface area contributed by atoms with Crippen molar-refractivity contribution in [1.29, 1.82) is 0 Å². The van der Waals surface area contributed by atoms with Crippen LogP contribution in [-0.2, 0) is 27.8 Å². The molecule has 6 nitrogen and oxygen atoms in total. The van der Waals surface area contributed by atoms with E-state index in [1.807, 2.05) is 0 Å². The molecule has 0 saturated heterocycles. The molecule has 152 valence electrons. The van der Waals surface area contributed by atoms with E-state index in [2.05, 4.69) is 4.72 Å². The molecule has 0 amide bonds. The number of carboxylic acids is 1. The van der Waals surface area contributed by atoms with Crippen LogP contribution in [0.4, 0.5) is 5.69 Å². The Morgan fingerprint density at radius 2 is 1.82 bits per heavy atom. The molecule has 0 saturated carbocycles. The number of hydrogen-bond donors (Lipinski definition) is 2. The van der Waals surface area contributed by atoms with E-state index >= 15 is 0 Å². The molecule has 0 unspecified atom stereocenters. The van der Waals surface area contributed by atoms with Crippen molar-refractivity contribution < 1.29 is 23.1 Å². The van der Waals surface area contributed by atoms with Gasteiger partial charge in [-0.1, -0.05) is 46.9 Å². The van der Waals surface area contributed by atoms with Crippen molar-refractivity contribution in [3.05, 3.63) is 56.5 Å². The molecule has 2 rings (SSSR count). The summed E-state index contributed by atoms with van der Waals surface area (Å²) in [4.78, 5) is 10.7. The molecule has 0 aliphatic rings. The lowest BCUT2D eigenvalue weighted by Crippen LogP contribution is -2.15. The first kappa shape index (κ1) is 22.6. The van der Waals surface area contributed by atoms with E-state index in [0.717, 1.165) is 0 Å². The van der Waals surface area contributed by atoms with E-state index in [-0.39, 0.29) is 45.3 Å². The normalized spacial score (nSPS) is 11.3. The quantitative estimate of drug-likeness (QED) is 0.542.